The Morgan fingerprint density at radius 2 is 1.78 bits per heavy atom. The molecular weight excluding hydrogens is 250 g/mol. The molecule has 0 aromatic heterocycles. The van der Waals surface area contributed by atoms with E-state index in [2.05, 4.69) is 12.2 Å². The highest BCUT2D eigenvalue weighted by Crippen LogP contribution is 2.20. The van der Waals surface area contributed by atoms with E-state index in [-0.39, 0.29) is 6.09 Å². The Morgan fingerprint density at radius 3 is 2.28 bits per heavy atom. The molecule has 0 unspecified atom stereocenters. The van der Waals surface area contributed by atoms with Crippen LogP contribution in [0, 0.1) is 0 Å². The van der Waals surface area contributed by atoms with E-state index >= 15 is 0 Å². The number of hydrogen-bond acceptors (Lipinski definition) is 4. The first-order valence-electron chi connectivity index (χ1n) is 6.65. The van der Waals surface area contributed by atoms with Crippen molar-refractivity contribution in [2.75, 3.05) is 27.4 Å². The van der Waals surface area contributed by atoms with Crippen LogP contribution in [0.25, 0.3) is 0 Å². The molecule has 0 aliphatic rings. The molecule has 0 rings (SSSR count). The molecule has 0 saturated carbocycles. The van der Waals surface area contributed by atoms with Crippen molar-refractivity contribution in [3.8, 4) is 0 Å². The summed E-state index contributed by atoms with van der Waals surface area (Å²) in [6, 6.07) is 1.98. The first-order chi connectivity index (χ1) is 8.64. The van der Waals surface area contributed by atoms with E-state index in [9.17, 15) is 4.79 Å². The van der Waals surface area contributed by atoms with Gasteiger partial charge in [-0.3, -0.25) is 0 Å². The minimum Gasteiger partial charge on any atom is -0.450 e. The highest BCUT2D eigenvalue weighted by molar-refractivity contribution is 6.67. The van der Waals surface area contributed by atoms with Crippen LogP contribution in [0.15, 0.2) is 0 Å². The van der Waals surface area contributed by atoms with E-state index < -0.39 is 8.56 Å². The van der Waals surface area contributed by atoms with Crippen LogP contribution in [0.2, 0.25) is 12.1 Å². The third-order valence-electron chi connectivity index (χ3n) is 3.06. The maximum absolute atomic E-state index is 11.0. The molecular formula is C12H27NO4Si. The van der Waals surface area contributed by atoms with Crippen LogP contribution in [-0.2, 0) is 13.6 Å². The van der Waals surface area contributed by atoms with Gasteiger partial charge in [0.2, 0.25) is 0 Å². The summed E-state index contributed by atoms with van der Waals surface area (Å²) in [7, 11) is 1.55. The normalized spacial score (nSPS) is 11.3. The second-order valence-corrected chi connectivity index (χ2v) is 7.98. The van der Waals surface area contributed by atoms with Crippen LogP contribution in [0.4, 0.5) is 4.79 Å². The lowest BCUT2D eigenvalue weighted by atomic mass is 10.2. The van der Waals surface area contributed by atoms with Gasteiger partial charge in [0.1, 0.15) is 0 Å². The molecule has 0 aromatic rings. The molecule has 0 atom stereocenters. The Morgan fingerprint density at radius 1 is 1.11 bits per heavy atom. The van der Waals surface area contributed by atoms with Gasteiger partial charge in [-0.05, 0) is 25.4 Å². The summed E-state index contributed by atoms with van der Waals surface area (Å²) in [6.45, 7) is 4.99. The molecule has 1 N–H and O–H groups in total. The zero-order valence-corrected chi connectivity index (χ0v) is 13.1. The molecule has 6 heteroatoms. The average molecular weight is 277 g/mol. The zero-order chi connectivity index (χ0) is 13.9. The van der Waals surface area contributed by atoms with Gasteiger partial charge in [0, 0.05) is 20.8 Å². The molecule has 0 spiro atoms. The zero-order valence-electron chi connectivity index (χ0n) is 12.1. The minimum atomic E-state index is -1.92. The Bertz CT molecular complexity index is 214. The van der Waals surface area contributed by atoms with Gasteiger partial charge in [0.25, 0.3) is 0 Å². The van der Waals surface area contributed by atoms with Crippen molar-refractivity contribution in [2.24, 2.45) is 0 Å². The first kappa shape index (κ1) is 17.4. The molecule has 0 aromatic carbocycles. The highest BCUT2D eigenvalue weighted by Gasteiger charge is 2.32. The average Bonchev–Trinajstić information content (AvgIpc) is 2.39. The maximum Gasteiger partial charge on any atom is 0.407 e. The predicted molar refractivity (Wildman–Crippen MR) is 73.9 cm³/mol. The van der Waals surface area contributed by atoms with Crippen molar-refractivity contribution in [1.82, 2.24) is 5.32 Å². The van der Waals surface area contributed by atoms with Gasteiger partial charge in [-0.25, -0.2) is 4.79 Å². The standard InChI is InChI=1S/C12H27NO4Si/c1-5-17-12(14)13-10-8-7-9-11-18(6-2,15-3)16-4/h5-11H2,1-4H3,(H,13,14). The largest absolute Gasteiger partial charge is 0.450 e. The maximum atomic E-state index is 11.0. The third-order valence-corrected chi connectivity index (χ3v) is 6.74. The van der Waals surface area contributed by atoms with E-state index in [4.69, 9.17) is 13.6 Å². The lowest BCUT2D eigenvalue weighted by molar-refractivity contribution is 0.152. The summed E-state index contributed by atoms with van der Waals surface area (Å²) in [5.74, 6) is 0. The van der Waals surface area contributed by atoms with Crippen molar-refractivity contribution in [1.29, 1.82) is 0 Å². The van der Waals surface area contributed by atoms with Crippen molar-refractivity contribution in [2.45, 2.75) is 45.2 Å². The van der Waals surface area contributed by atoms with Crippen molar-refractivity contribution < 1.29 is 18.4 Å². The fourth-order valence-electron chi connectivity index (χ4n) is 1.82. The van der Waals surface area contributed by atoms with Crippen LogP contribution >= 0.6 is 0 Å². The van der Waals surface area contributed by atoms with Crippen LogP contribution in [0.3, 0.4) is 0 Å². The summed E-state index contributed by atoms with van der Waals surface area (Å²) in [5.41, 5.74) is 0. The number of unbranched alkanes of at least 4 members (excludes halogenated alkanes) is 2. The molecule has 0 radical (unpaired) electrons. The number of hydrogen-bond donors (Lipinski definition) is 1. The smallest absolute Gasteiger partial charge is 0.407 e. The molecule has 18 heavy (non-hydrogen) atoms. The van der Waals surface area contributed by atoms with Gasteiger partial charge < -0.3 is 18.9 Å². The molecule has 0 bridgehead atoms. The summed E-state index contributed by atoms with van der Waals surface area (Å²) in [6.07, 6.45) is 2.77. The van der Waals surface area contributed by atoms with Gasteiger partial charge in [0.15, 0.2) is 0 Å². The van der Waals surface area contributed by atoms with Crippen LogP contribution in [0.5, 0.6) is 0 Å². The molecule has 0 heterocycles. The molecule has 0 aliphatic carbocycles. The van der Waals surface area contributed by atoms with E-state index in [0.29, 0.717) is 13.2 Å². The molecule has 0 saturated heterocycles. The topological polar surface area (TPSA) is 56.8 Å². The monoisotopic (exact) mass is 277 g/mol. The van der Waals surface area contributed by atoms with Crippen molar-refractivity contribution in [3.63, 3.8) is 0 Å². The number of amides is 1. The van der Waals surface area contributed by atoms with E-state index in [0.717, 1.165) is 31.4 Å². The Balaban J connectivity index is 3.58. The highest BCUT2D eigenvalue weighted by atomic mass is 28.4. The molecule has 5 nitrogen and oxygen atoms in total. The quantitative estimate of drug-likeness (QED) is 0.493. The number of nitrogens with one attached hydrogen (secondary N) is 1. The summed E-state index contributed by atoms with van der Waals surface area (Å²) >= 11 is 0. The van der Waals surface area contributed by atoms with Crippen molar-refractivity contribution >= 4 is 14.7 Å². The molecule has 0 fully saturated rings. The number of alkyl carbamates (subject to hydrolysis) is 1. The van der Waals surface area contributed by atoms with Crippen LogP contribution in [-0.4, -0.2) is 42.0 Å². The third kappa shape index (κ3) is 6.98. The second-order valence-electron chi connectivity index (χ2n) is 4.13. The van der Waals surface area contributed by atoms with Gasteiger partial charge in [-0.15, -0.1) is 0 Å². The SMILES string of the molecule is CCOC(=O)NCCCCC[Si](CC)(OC)OC. The van der Waals surface area contributed by atoms with Gasteiger partial charge in [0.05, 0.1) is 6.61 Å². The van der Waals surface area contributed by atoms with Gasteiger partial charge in [-0.1, -0.05) is 19.8 Å². The van der Waals surface area contributed by atoms with Gasteiger partial charge in [-0.2, -0.15) is 0 Å². The molecule has 1 amide bonds. The summed E-state index contributed by atoms with van der Waals surface area (Å²) < 4.78 is 15.9. The van der Waals surface area contributed by atoms with Crippen LogP contribution < -0.4 is 5.32 Å². The number of carbonyl (C=O) groups is 1. The summed E-state index contributed by atoms with van der Waals surface area (Å²) in [4.78, 5) is 11.0. The number of carbonyl (C=O) groups excluding carboxylic acids is 1. The fourth-order valence-corrected chi connectivity index (χ4v) is 4.12. The van der Waals surface area contributed by atoms with E-state index in [1.807, 2.05) is 0 Å². The lowest BCUT2D eigenvalue weighted by Gasteiger charge is -2.25. The number of rotatable bonds is 10. The first-order valence-corrected chi connectivity index (χ1v) is 8.88. The Labute approximate surface area is 111 Å². The molecule has 108 valence electrons. The Kier molecular flexibility index (Phi) is 10.00. The second kappa shape index (κ2) is 10.3. The van der Waals surface area contributed by atoms with E-state index in [1.54, 1.807) is 21.1 Å². The predicted octanol–water partition coefficient (Wildman–Crippen LogP) is 2.66. The summed E-state index contributed by atoms with van der Waals surface area (Å²) in [5, 5.41) is 2.71. The lowest BCUT2D eigenvalue weighted by Crippen LogP contribution is -2.38. The fraction of sp³-hybridized carbons (Fsp3) is 0.917. The number of ether oxygens (including phenoxy) is 1. The minimum absolute atomic E-state index is 0.330. The van der Waals surface area contributed by atoms with Crippen molar-refractivity contribution in [3.05, 3.63) is 0 Å². The molecule has 0 aliphatic heterocycles. The Hall–Kier alpha value is -0.593. The van der Waals surface area contributed by atoms with E-state index in [1.165, 1.54) is 0 Å². The van der Waals surface area contributed by atoms with Crippen LogP contribution in [0.1, 0.15) is 33.1 Å². The van der Waals surface area contributed by atoms with Gasteiger partial charge >= 0.3 is 14.7 Å².